The smallest absolute Gasteiger partial charge is 0.311 e. The summed E-state index contributed by atoms with van der Waals surface area (Å²) in [5.74, 6) is 0.389. The van der Waals surface area contributed by atoms with Gasteiger partial charge in [-0.05, 0) is 49.9 Å². The number of unbranched alkanes of at least 4 members (excludes halogenated alkanes) is 3. The second kappa shape index (κ2) is 11.1. The molecule has 5 heteroatoms. The van der Waals surface area contributed by atoms with Gasteiger partial charge in [-0.15, -0.1) is 11.6 Å². The molecule has 0 saturated carbocycles. The van der Waals surface area contributed by atoms with E-state index in [2.05, 4.69) is 0 Å². The second-order valence-electron chi connectivity index (χ2n) is 5.54. The summed E-state index contributed by atoms with van der Waals surface area (Å²) in [5, 5.41) is 0. The van der Waals surface area contributed by atoms with Crippen molar-refractivity contribution < 1.29 is 19.1 Å². The van der Waals surface area contributed by atoms with Crippen molar-refractivity contribution in [3.8, 4) is 5.75 Å². The molecule has 1 rings (SSSR count). The van der Waals surface area contributed by atoms with Crippen LogP contribution in [-0.4, -0.2) is 24.4 Å². The molecule has 4 nitrogen and oxygen atoms in total. The monoisotopic (exact) mass is 340 g/mol. The SMILES string of the molecule is Cc1ccc(OC(=O)CCC(=O)OCCCCCCCl)cc1C. The first-order valence-electron chi connectivity index (χ1n) is 8.02. The van der Waals surface area contributed by atoms with Crippen LogP contribution in [0.2, 0.25) is 0 Å². The van der Waals surface area contributed by atoms with Crippen LogP contribution in [0.4, 0.5) is 0 Å². The number of hydrogen-bond acceptors (Lipinski definition) is 4. The minimum Gasteiger partial charge on any atom is -0.466 e. The van der Waals surface area contributed by atoms with Crippen LogP contribution in [0.5, 0.6) is 5.75 Å². The molecule has 1 aromatic rings. The van der Waals surface area contributed by atoms with E-state index in [1.807, 2.05) is 26.0 Å². The summed E-state index contributed by atoms with van der Waals surface area (Å²) in [7, 11) is 0. The van der Waals surface area contributed by atoms with Gasteiger partial charge in [-0.25, -0.2) is 0 Å². The molecule has 0 fully saturated rings. The maximum atomic E-state index is 11.7. The number of ether oxygens (including phenoxy) is 2. The number of esters is 2. The van der Waals surface area contributed by atoms with E-state index in [1.165, 1.54) is 0 Å². The Morgan fingerprint density at radius 1 is 0.957 bits per heavy atom. The number of hydrogen-bond donors (Lipinski definition) is 0. The van der Waals surface area contributed by atoms with Crippen LogP contribution in [0.15, 0.2) is 18.2 Å². The van der Waals surface area contributed by atoms with Crippen LogP contribution in [0.1, 0.15) is 49.7 Å². The van der Waals surface area contributed by atoms with Crippen molar-refractivity contribution in [3.05, 3.63) is 29.3 Å². The van der Waals surface area contributed by atoms with Crippen molar-refractivity contribution in [1.82, 2.24) is 0 Å². The van der Waals surface area contributed by atoms with Crippen LogP contribution in [-0.2, 0) is 14.3 Å². The molecule has 0 bridgehead atoms. The fourth-order valence-electron chi connectivity index (χ4n) is 1.97. The van der Waals surface area contributed by atoms with Crippen molar-refractivity contribution in [2.24, 2.45) is 0 Å². The lowest BCUT2D eigenvalue weighted by molar-refractivity contribution is -0.147. The summed E-state index contributed by atoms with van der Waals surface area (Å²) >= 11 is 5.58. The molecule has 128 valence electrons. The van der Waals surface area contributed by atoms with E-state index in [0.717, 1.165) is 36.8 Å². The predicted octanol–water partition coefficient (Wildman–Crippen LogP) is 4.33. The zero-order valence-corrected chi connectivity index (χ0v) is 14.7. The number of benzene rings is 1. The van der Waals surface area contributed by atoms with Crippen LogP contribution in [0.3, 0.4) is 0 Å². The quantitative estimate of drug-likeness (QED) is 0.275. The molecule has 0 heterocycles. The number of halogens is 1. The topological polar surface area (TPSA) is 52.6 Å². The average Bonchev–Trinajstić information content (AvgIpc) is 2.52. The Morgan fingerprint density at radius 2 is 1.65 bits per heavy atom. The van der Waals surface area contributed by atoms with E-state index in [0.29, 0.717) is 18.2 Å². The van der Waals surface area contributed by atoms with E-state index >= 15 is 0 Å². The van der Waals surface area contributed by atoms with Crippen LogP contribution >= 0.6 is 11.6 Å². The molecule has 0 saturated heterocycles. The van der Waals surface area contributed by atoms with E-state index in [4.69, 9.17) is 21.1 Å². The Labute approximate surface area is 143 Å². The third kappa shape index (κ3) is 8.60. The molecule has 0 radical (unpaired) electrons. The highest BCUT2D eigenvalue weighted by Crippen LogP contribution is 2.17. The summed E-state index contributed by atoms with van der Waals surface area (Å²) in [6, 6.07) is 5.46. The summed E-state index contributed by atoms with van der Waals surface area (Å²) in [6.07, 6.45) is 3.93. The third-order valence-electron chi connectivity index (χ3n) is 3.53. The molecule has 0 aliphatic rings. The molecule has 0 unspecified atom stereocenters. The number of carbonyl (C=O) groups excluding carboxylic acids is 2. The lowest BCUT2D eigenvalue weighted by Crippen LogP contribution is -2.13. The zero-order valence-electron chi connectivity index (χ0n) is 13.9. The Hall–Kier alpha value is -1.55. The van der Waals surface area contributed by atoms with Gasteiger partial charge in [0.2, 0.25) is 0 Å². The molecule has 0 aromatic heterocycles. The summed E-state index contributed by atoms with van der Waals surface area (Å²) in [5.41, 5.74) is 2.20. The van der Waals surface area contributed by atoms with Crippen molar-refractivity contribution in [3.63, 3.8) is 0 Å². The zero-order chi connectivity index (χ0) is 17.1. The van der Waals surface area contributed by atoms with Gasteiger partial charge in [0.25, 0.3) is 0 Å². The lowest BCUT2D eigenvalue weighted by Gasteiger charge is -2.07. The van der Waals surface area contributed by atoms with Gasteiger partial charge in [0.1, 0.15) is 5.75 Å². The van der Waals surface area contributed by atoms with Crippen molar-refractivity contribution >= 4 is 23.5 Å². The summed E-state index contributed by atoms with van der Waals surface area (Å²) < 4.78 is 10.3. The number of aryl methyl sites for hydroxylation is 2. The predicted molar refractivity (Wildman–Crippen MR) is 90.9 cm³/mol. The highest BCUT2D eigenvalue weighted by atomic mass is 35.5. The fraction of sp³-hybridized carbons (Fsp3) is 0.556. The Morgan fingerprint density at radius 3 is 2.35 bits per heavy atom. The van der Waals surface area contributed by atoms with Gasteiger partial charge < -0.3 is 9.47 Å². The Balaban J connectivity index is 2.17. The molecular weight excluding hydrogens is 316 g/mol. The van der Waals surface area contributed by atoms with Gasteiger partial charge in [-0.1, -0.05) is 18.9 Å². The first kappa shape index (κ1) is 19.5. The molecule has 0 aliphatic heterocycles. The normalized spacial score (nSPS) is 10.4. The molecule has 0 aliphatic carbocycles. The first-order valence-corrected chi connectivity index (χ1v) is 8.56. The largest absolute Gasteiger partial charge is 0.466 e. The highest BCUT2D eigenvalue weighted by molar-refractivity contribution is 6.17. The maximum absolute atomic E-state index is 11.7. The van der Waals surface area contributed by atoms with Gasteiger partial charge in [-0.3, -0.25) is 9.59 Å². The van der Waals surface area contributed by atoms with Gasteiger partial charge in [0.15, 0.2) is 0 Å². The molecule has 1 aromatic carbocycles. The van der Waals surface area contributed by atoms with E-state index in [-0.39, 0.29) is 18.8 Å². The molecule has 0 spiro atoms. The fourth-order valence-corrected chi connectivity index (χ4v) is 2.16. The second-order valence-corrected chi connectivity index (χ2v) is 5.92. The molecule has 0 atom stereocenters. The van der Waals surface area contributed by atoms with Crippen LogP contribution in [0, 0.1) is 13.8 Å². The average molecular weight is 341 g/mol. The van der Waals surface area contributed by atoms with Crippen LogP contribution in [0.25, 0.3) is 0 Å². The van der Waals surface area contributed by atoms with Gasteiger partial charge >= 0.3 is 11.9 Å². The lowest BCUT2D eigenvalue weighted by atomic mass is 10.1. The molecular formula is C18H25ClO4. The van der Waals surface area contributed by atoms with Crippen molar-refractivity contribution in [1.29, 1.82) is 0 Å². The van der Waals surface area contributed by atoms with Crippen molar-refractivity contribution in [2.75, 3.05) is 12.5 Å². The Kier molecular flexibility index (Phi) is 9.37. The van der Waals surface area contributed by atoms with Gasteiger partial charge in [0.05, 0.1) is 19.4 Å². The Bertz CT molecular complexity index is 514. The number of carbonyl (C=O) groups is 2. The molecule has 23 heavy (non-hydrogen) atoms. The summed E-state index contributed by atoms with van der Waals surface area (Å²) in [6.45, 7) is 4.34. The highest BCUT2D eigenvalue weighted by Gasteiger charge is 2.10. The third-order valence-corrected chi connectivity index (χ3v) is 3.80. The van der Waals surface area contributed by atoms with Gasteiger partial charge in [0, 0.05) is 5.88 Å². The summed E-state index contributed by atoms with van der Waals surface area (Å²) in [4.78, 5) is 23.3. The van der Waals surface area contributed by atoms with Crippen LogP contribution < -0.4 is 4.74 Å². The minimum absolute atomic E-state index is 0.0258. The van der Waals surface area contributed by atoms with Gasteiger partial charge in [-0.2, -0.15) is 0 Å². The van der Waals surface area contributed by atoms with E-state index in [1.54, 1.807) is 6.07 Å². The molecule has 0 amide bonds. The first-order chi connectivity index (χ1) is 11.0. The number of alkyl halides is 1. The van der Waals surface area contributed by atoms with Crippen molar-refractivity contribution in [2.45, 2.75) is 52.4 Å². The van der Waals surface area contributed by atoms with E-state index in [9.17, 15) is 9.59 Å². The maximum Gasteiger partial charge on any atom is 0.311 e. The molecule has 0 N–H and O–H groups in total. The van der Waals surface area contributed by atoms with E-state index < -0.39 is 5.97 Å². The standard InChI is InChI=1S/C18H25ClO4/c1-14-7-8-16(13-15(14)2)23-18(21)10-9-17(20)22-12-6-4-3-5-11-19/h7-8,13H,3-6,9-12H2,1-2H3. The minimum atomic E-state index is -0.424. The number of rotatable bonds is 10.